The Labute approximate surface area is 138 Å². The van der Waals surface area contributed by atoms with Gasteiger partial charge in [0.2, 0.25) is 0 Å². The molecular weight excluding hydrogens is 317 g/mol. The predicted molar refractivity (Wildman–Crippen MR) is 86.8 cm³/mol. The van der Waals surface area contributed by atoms with Crippen molar-refractivity contribution >= 4 is 5.97 Å². The summed E-state index contributed by atoms with van der Waals surface area (Å²) >= 11 is 0. The first-order valence-electron chi connectivity index (χ1n) is 7.56. The fraction of sp³-hybridized carbons (Fsp3) is 0.316. The van der Waals surface area contributed by atoms with E-state index in [9.17, 15) is 18.0 Å². The number of aliphatic carboxylic acids is 1. The van der Waals surface area contributed by atoms with E-state index in [0.29, 0.717) is 0 Å². The third-order valence-electron chi connectivity index (χ3n) is 3.93. The minimum atomic E-state index is -4.41. The van der Waals surface area contributed by atoms with Gasteiger partial charge >= 0.3 is 12.1 Å². The molecule has 0 saturated heterocycles. The van der Waals surface area contributed by atoms with Crippen LogP contribution in [-0.2, 0) is 11.2 Å². The molecule has 128 valence electrons. The molecule has 0 spiro atoms. The molecule has 2 nitrogen and oxygen atoms in total. The van der Waals surface area contributed by atoms with Crippen LogP contribution in [0, 0.1) is 5.41 Å². The predicted octanol–water partition coefficient (Wildman–Crippen LogP) is 5.31. The standard InChI is InChI=1S/C13H10.C6H9F3O2/c1-3-7-12-10(5-1)9-11-6-2-4-8-13(11)12;1-5(2,4(10)11)3-6(7,8)9/h1-8H,9H2;3H2,1-2H3,(H,10,11). The van der Waals surface area contributed by atoms with E-state index in [1.165, 1.54) is 22.3 Å². The Balaban J connectivity index is 0.000000178. The molecule has 0 fully saturated rings. The van der Waals surface area contributed by atoms with Gasteiger partial charge < -0.3 is 5.11 Å². The maximum absolute atomic E-state index is 11.6. The molecule has 0 aromatic heterocycles. The van der Waals surface area contributed by atoms with Crippen LogP contribution in [0.4, 0.5) is 13.2 Å². The monoisotopic (exact) mass is 336 g/mol. The van der Waals surface area contributed by atoms with Gasteiger partial charge in [-0.3, -0.25) is 4.79 Å². The van der Waals surface area contributed by atoms with Crippen molar-refractivity contribution in [3.05, 3.63) is 59.7 Å². The summed E-state index contributed by atoms with van der Waals surface area (Å²) < 4.78 is 34.9. The molecule has 0 heterocycles. The summed E-state index contributed by atoms with van der Waals surface area (Å²) in [6, 6.07) is 17.3. The molecule has 2 aromatic carbocycles. The van der Waals surface area contributed by atoms with Crippen LogP contribution in [0.3, 0.4) is 0 Å². The van der Waals surface area contributed by atoms with Crippen LogP contribution in [0.2, 0.25) is 0 Å². The Morgan fingerprint density at radius 1 is 0.958 bits per heavy atom. The van der Waals surface area contributed by atoms with Gasteiger partial charge in [0.15, 0.2) is 0 Å². The van der Waals surface area contributed by atoms with Crippen LogP contribution in [0.5, 0.6) is 0 Å². The molecule has 0 radical (unpaired) electrons. The third-order valence-corrected chi connectivity index (χ3v) is 3.93. The van der Waals surface area contributed by atoms with E-state index >= 15 is 0 Å². The van der Waals surface area contributed by atoms with E-state index in [4.69, 9.17) is 5.11 Å². The van der Waals surface area contributed by atoms with Crippen LogP contribution in [0.1, 0.15) is 31.4 Å². The van der Waals surface area contributed by atoms with Crippen LogP contribution < -0.4 is 0 Å². The second-order valence-electron chi connectivity index (χ2n) is 6.47. The Morgan fingerprint density at radius 3 is 1.71 bits per heavy atom. The van der Waals surface area contributed by atoms with E-state index in [1.807, 2.05) is 0 Å². The topological polar surface area (TPSA) is 37.3 Å². The minimum absolute atomic E-state index is 1.04. The molecule has 0 bridgehead atoms. The summed E-state index contributed by atoms with van der Waals surface area (Å²) in [5.74, 6) is -1.44. The van der Waals surface area contributed by atoms with Crippen molar-refractivity contribution < 1.29 is 23.1 Å². The maximum Gasteiger partial charge on any atom is 0.390 e. The van der Waals surface area contributed by atoms with Gasteiger partial charge in [-0.25, -0.2) is 0 Å². The lowest BCUT2D eigenvalue weighted by Crippen LogP contribution is -2.30. The average molecular weight is 336 g/mol. The Kier molecular flexibility index (Phi) is 5.02. The van der Waals surface area contributed by atoms with Crippen LogP contribution in [0.25, 0.3) is 11.1 Å². The lowest BCUT2D eigenvalue weighted by Gasteiger charge is -2.20. The zero-order valence-electron chi connectivity index (χ0n) is 13.5. The van der Waals surface area contributed by atoms with Crippen molar-refractivity contribution in [2.24, 2.45) is 5.41 Å². The fourth-order valence-electron chi connectivity index (χ4n) is 2.66. The number of fused-ring (bicyclic) bond motifs is 3. The van der Waals surface area contributed by atoms with Gasteiger partial charge in [0.1, 0.15) is 0 Å². The van der Waals surface area contributed by atoms with E-state index < -0.39 is 24.0 Å². The second-order valence-corrected chi connectivity index (χ2v) is 6.47. The zero-order chi connectivity index (χ0) is 18.0. The summed E-state index contributed by atoms with van der Waals surface area (Å²) in [7, 11) is 0. The fourth-order valence-corrected chi connectivity index (χ4v) is 2.66. The number of carbonyl (C=O) groups is 1. The van der Waals surface area contributed by atoms with Crippen LogP contribution >= 0.6 is 0 Å². The number of carboxylic acids is 1. The molecule has 1 aliphatic carbocycles. The van der Waals surface area contributed by atoms with Gasteiger partial charge in [-0.1, -0.05) is 48.5 Å². The van der Waals surface area contributed by atoms with Crippen LogP contribution in [0.15, 0.2) is 48.5 Å². The number of hydrogen-bond acceptors (Lipinski definition) is 1. The summed E-state index contributed by atoms with van der Waals surface area (Å²) in [4.78, 5) is 10.2. The summed E-state index contributed by atoms with van der Waals surface area (Å²) in [5.41, 5.74) is 4.03. The first-order chi connectivity index (χ1) is 11.1. The molecular formula is C19H19F3O2. The molecule has 0 amide bonds. The van der Waals surface area contributed by atoms with Gasteiger partial charge in [0, 0.05) is 0 Å². The number of halogens is 3. The molecule has 0 saturated carbocycles. The van der Waals surface area contributed by atoms with Crippen molar-refractivity contribution in [3.8, 4) is 11.1 Å². The minimum Gasteiger partial charge on any atom is -0.481 e. The van der Waals surface area contributed by atoms with Gasteiger partial charge in [-0.2, -0.15) is 13.2 Å². The molecule has 0 unspecified atom stereocenters. The number of hydrogen-bond donors (Lipinski definition) is 1. The number of rotatable bonds is 2. The SMILES string of the molecule is CC(C)(CC(F)(F)F)C(=O)O.c1ccc2c(c1)Cc1ccccc1-2. The Hall–Kier alpha value is -2.30. The van der Waals surface area contributed by atoms with Gasteiger partial charge in [-0.05, 0) is 42.5 Å². The molecule has 0 atom stereocenters. The first-order valence-corrected chi connectivity index (χ1v) is 7.56. The number of benzene rings is 2. The third kappa shape index (κ3) is 4.37. The van der Waals surface area contributed by atoms with Crippen LogP contribution in [-0.4, -0.2) is 17.3 Å². The van der Waals surface area contributed by atoms with Gasteiger partial charge in [0.05, 0.1) is 11.8 Å². The van der Waals surface area contributed by atoms with Crippen molar-refractivity contribution in [2.45, 2.75) is 32.9 Å². The zero-order valence-corrected chi connectivity index (χ0v) is 13.5. The first kappa shape index (κ1) is 18.0. The van der Waals surface area contributed by atoms with Crippen molar-refractivity contribution in [1.82, 2.24) is 0 Å². The molecule has 1 aliphatic rings. The summed E-state index contributed by atoms with van der Waals surface area (Å²) in [6.07, 6.45) is -4.61. The normalized spacial score (nSPS) is 12.7. The van der Waals surface area contributed by atoms with Gasteiger partial charge in [0.25, 0.3) is 0 Å². The average Bonchev–Trinajstić information content (AvgIpc) is 2.84. The highest BCUT2D eigenvalue weighted by Crippen LogP contribution is 2.35. The summed E-state index contributed by atoms with van der Waals surface area (Å²) in [6.45, 7) is 2.09. The molecule has 3 rings (SSSR count). The number of carboxylic acid groups (broad SMARTS) is 1. The Bertz CT molecular complexity index is 690. The Morgan fingerprint density at radius 2 is 1.38 bits per heavy atom. The number of alkyl halides is 3. The quantitative estimate of drug-likeness (QED) is 0.689. The van der Waals surface area contributed by atoms with Crippen molar-refractivity contribution in [3.63, 3.8) is 0 Å². The molecule has 1 N–H and O–H groups in total. The molecule has 0 aliphatic heterocycles. The smallest absolute Gasteiger partial charge is 0.390 e. The molecule has 2 aromatic rings. The van der Waals surface area contributed by atoms with Crippen molar-refractivity contribution in [1.29, 1.82) is 0 Å². The van der Waals surface area contributed by atoms with Crippen molar-refractivity contribution in [2.75, 3.05) is 0 Å². The summed E-state index contributed by atoms with van der Waals surface area (Å²) in [5, 5.41) is 8.30. The second kappa shape index (κ2) is 6.67. The highest BCUT2D eigenvalue weighted by molar-refractivity contribution is 5.76. The highest BCUT2D eigenvalue weighted by atomic mass is 19.4. The van der Waals surface area contributed by atoms with E-state index in [0.717, 1.165) is 20.3 Å². The van der Waals surface area contributed by atoms with E-state index in [1.54, 1.807) is 0 Å². The van der Waals surface area contributed by atoms with E-state index in [-0.39, 0.29) is 0 Å². The highest BCUT2D eigenvalue weighted by Gasteiger charge is 2.40. The molecule has 5 heteroatoms. The lowest BCUT2D eigenvalue weighted by atomic mass is 9.89. The van der Waals surface area contributed by atoms with Gasteiger partial charge in [-0.15, -0.1) is 0 Å². The van der Waals surface area contributed by atoms with E-state index in [2.05, 4.69) is 48.5 Å². The lowest BCUT2D eigenvalue weighted by molar-refractivity contribution is -0.174. The maximum atomic E-state index is 11.6. The molecule has 24 heavy (non-hydrogen) atoms. The largest absolute Gasteiger partial charge is 0.481 e.